The summed E-state index contributed by atoms with van der Waals surface area (Å²) in [6.07, 6.45) is 2.18. The van der Waals surface area contributed by atoms with Crippen molar-refractivity contribution in [1.82, 2.24) is 9.97 Å². The van der Waals surface area contributed by atoms with Crippen LogP contribution in [0.3, 0.4) is 0 Å². The van der Waals surface area contributed by atoms with E-state index in [4.69, 9.17) is 11.6 Å². The van der Waals surface area contributed by atoms with Crippen LogP contribution in [0.4, 0.5) is 4.39 Å². The number of rotatable bonds is 4. The topological polar surface area (TPSA) is 25.8 Å². The molecule has 14 heavy (non-hydrogen) atoms. The molecule has 2 nitrogen and oxygen atoms in total. The van der Waals surface area contributed by atoms with Crippen molar-refractivity contribution in [2.45, 2.75) is 25.3 Å². The SMILES string of the molecule is CCC(C)CSc1nc(Cl)ncc1F. The Labute approximate surface area is 92.3 Å². The molecule has 0 aromatic carbocycles. The molecule has 0 saturated carbocycles. The van der Waals surface area contributed by atoms with Gasteiger partial charge in [0.05, 0.1) is 6.20 Å². The molecule has 0 bridgehead atoms. The number of hydrogen-bond donors (Lipinski definition) is 0. The van der Waals surface area contributed by atoms with Gasteiger partial charge in [-0.15, -0.1) is 11.8 Å². The van der Waals surface area contributed by atoms with Gasteiger partial charge in [-0.3, -0.25) is 0 Å². The van der Waals surface area contributed by atoms with E-state index in [-0.39, 0.29) is 5.28 Å². The third-order valence-corrected chi connectivity index (χ3v) is 3.36. The lowest BCUT2D eigenvalue weighted by Crippen LogP contribution is -1.98. The van der Waals surface area contributed by atoms with Crippen LogP contribution in [0.25, 0.3) is 0 Å². The molecule has 0 fully saturated rings. The van der Waals surface area contributed by atoms with Crippen molar-refractivity contribution in [2.75, 3.05) is 5.75 Å². The highest BCUT2D eigenvalue weighted by Gasteiger charge is 2.08. The largest absolute Gasteiger partial charge is 0.223 e. The number of halogens is 2. The molecule has 1 atom stereocenters. The predicted molar refractivity (Wildman–Crippen MR) is 57.2 cm³/mol. The summed E-state index contributed by atoms with van der Waals surface area (Å²) in [5, 5.41) is 0.434. The molecule has 1 heterocycles. The van der Waals surface area contributed by atoms with Crippen LogP contribution >= 0.6 is 23.4 Å². The van der Waals surface area contributed by atoms with Crippen LogP contribution < -0.4 is 0 Å². The van der Waals surface area contributed by atoms with Crippen LogP contribution in [0, 0.1) is 11.7 Å². The average Bonchev–Trinajstić information content (AvgIpc) is 2.19. The van der Waals surface area contributed by atoms with E-state index in [0.29, 0.717) is 10.9 Å². The molecule has 0 aliphatic carbocycles. The average molecular weight is 235 g/mol. The second kappa shape index (κ2) is 5.51. The summed E-state index contributed by atoms with van der Waals surface area (Å²) in [4.78, 5) is 7.37. The zero-order chi connectivity index (χ0) is 10.6. The van der Waals surface area contributed by atoms with E-state index < -0.39 is 5.82 Å². The van der Waals surface area contributed by atoms with E-state index in [1.807, 2.05) is 0 Å². The molecule has 0 amide bonds. The van der Waals surface area contributed by atoms with Gasteiger partial charge in [-0.2, -0.15) is 0 Å². The molecule has 1 unspecified atom stereocenters. The van der Waals surface area contributed by atoms with Crippen molar-refractivity contribution >= 4 is 23.4 Å². The normalized spacial score (nSPS) is 12.9. The van der Waals surface area contributed by atoms with Crippen molar-refractivity contribution in [3.05, 3.63) is 17.3 Å². The molecule has 1 rings (SSSR count). The smallest absolute Gasteiger partial charge is 0.223 e. The van der Waals surface area contributed by atoms with Gasteiger partial charge in [0.1, 0.15) is 5.03 Å². The van der Waals surface area contributed by atoms with Gasteiger partial charge in [0.15, 0.2) is 5.82 Å². The highest BCUT2D eigenvalue weighted by Crippen LogP contribution is 2.23. The van der Waals surface area contributed by atoms with Crippen molar-refractivity contribution in [1.29, 1.82) is 0 Å². The molecule has 0 radical (unpaired) electrons. The van der Waals surface area contributed by atoms with Crippen LogP contribution in [0.1, 0.15) is 20.3 Å². The predicted octanol–water partition coefficient (Wildman–Crippen LogP) is 3.41. The quantitative estimate of drug-likeness (QED) is 0.454. The highest BCUT2D eigenvalue weighted by molar-refractivity contribution is 7.99. The van der Waals surface area contributed by atoms with Gasteiger partial charge in [-0.25, -0.2) is 14.4 Å². The molecule has 5 heteroatoms. The maximum atomic E-state index is 13.1. The van der Waals surface area contributed by atoms with Crippen LogP contribution in [-0.4, -0.2) is 15.7 Å². The van der Waals surface area contributed by atoms with Gasteiger partial charge < -0.3 is 0 Å². The Morgan fingerprint density at radius 2 is 2.36 bits per heavy atom. The molecule has 0 aliphatic rings. The van der Waals surface area contributed by atoms with Crippen molar-refractivity contribution in [3.63, 3.8) is 0 Å². The van der Waals surface area contributed by atoms with Gasteiger partial charge in [0.2, 0.25) is 5.28 Å². The monoisotopic (exact) mass is 234 g/mol. The Balaban J connectivity index is 2.62. The van der Waals surface area contributed by atoms with E-state index in [0.717, 1.165) is 18.4 Å². The van der Waals surface area contributed by atoms with Crippen LogP contribution in [0.5, 0.6) is 0 Å². The Morgan fingerprint density at radius 3 is 3.00 bits per heavy atom. The van der Waals surface area contributed by atoms with Gasteiger partial charge >= 0.3 is 0 Å². The van der Waals surface area contributed by atoms with Gasteiger partial charge in [0, 0.05) is 5.75 Å². The van der Waals surface area contributed by atoms with Crippen LogP contribution in [0.2, 0.25) is 5.28 Å². The standard InChI is InChI=1S/C9H12ClFN2S/c1-3-6(2)5-14-8-7(11)4-12-9(10)13-8/h4,6H,3,5H2,1-2H3. The van der Waals surface area contributed by atoms with Crippen molar-refractivity contribution in [3.8, 4) is 0 Å². The fourth-order valence-electron chi connectivity index (χ4n) is 0.771. The summed E-state index contributed by atoms with van der Waals surface area (Å²) in [7, 11) is 0. The zero-order valence-electron chi connectivity index (χ0n) is 8.13. The van der Waals surface area contributed by atoms with Gasteiger partial charge in [-0.1, -0.05) is 20.3 Å². The second-order valence-electron chi connectivity index (χ2n) is 3.12. The maximum Gasteiger partial charge on any atom is 0.223 e. The molecule has 1 aromatic heterocycles. The fraction of sp³-hybridized carbons (Fsp3) is 0.556. The lowest BCUT2D eigenvalue weighted by Gasteiger charge is -2.07. The minimum Gasteiger partial charge on any atom is -0.223 e. The molecule has 78 valence electrons. The van der Waals surface area contributed by atoms with Crippen molar-refractivity contribution < 1.29 is 4.39 Å². The van der Waals surface area contributed by atoms with Gasteiger partial charge in [0.25, 0.3) is 0 Å². The molecular formula is C9H12ClFN2S. The highest BCUT2D eigenvalue weighted by atomic mass is 35.5. The minimum absolute atomic E-state index is 0.0954. The molecular weight excluding hydrogens is 223 g/mol. The molecule has 0 saturated heterocycles. The third-order valence-electron chi connectivity index (χ3n) is 1.88. The Bertz CT molecular complexity index is 309. The van der Waals surface area contributed by atoms with Crippen LogP contribution in [0.15, 0.2) is 11.2 Å². The number of hydrogen-bond acceptors (Lipinski definition) is 3. The minimum atomic E-state index is -0.400. The number of nitrogens with zero attached hydrogens (tertiary/aromatic N) is 2. The first-order valence-corrected chi connectivity index (χ1v) is 5.80. The molecule has 0 spiro atoms. The summed E-state index contributed by atoms with van der Waals surface area (Å²) >= 11 is 6.95. The first-order valence-electron chi connectivity index (χ1n) is 4.44. The zero-order valence-corrected chi connectivity index (χ0v) is 9.70. The Hall–Kier alpha value is -0.350. The summed E-state index contributed by atoms with van der Waals surface area (Å²) in [6, 6.07) is 0. The first-order chi connectivity index (χ1) is 6.63. The summed E-state index contributed by atoms with van der Waals surface area (Å²) in [5.41, 5.74) is 0. The summed E-state index contributed by atoms with van der Waals surface area (Å²) in [6.45, 7) is 4.22. The van der Waals surface area contributed by atoms with E-state index in [1.165, 1.54) is 11.8 Å². The third kappa shape index (κ3) is 3.42. The van der Waals surface area contributed by atoms with E-state index in [2.05, 4.69) is 23.8 Å². The second-order valence-corrected chi connectivity index (χ2v) is 4.46. The maximum absolute atomic E-state index is 13.1. The Kier molecular flexibility index (Phi) is 4.62. The van der Waals surface area contributed by atoms with Crippen LogP contribution in [-0.2, 0) is 0 Å². The molecule has 1 aromatic rings. The fourth-order valence-corrected chi connectivity index (χ4v) is 1.97. The van der Waals surface area contributed by atoms with Crippen molar-refractivity contribution in [2.24, 2.45) is 5.92 Å². The van der Waals surface area contributed by atoms with E-state index in [1.54, 1.807) is 0 Å². The molecule has 0 N–H and O–H groups in total. The summed E-state index contributed by atoms with van der Waals surface area (Å²) < 4.78 is 13.1. The number of aromatic nitrogens is 2. The lowest BCUT2D eigenvalue weighted by molar-refractivity contribution is 0.577. The van der Waals surface area contributed by atoms with Gasteiger partial charge in [-0.05, 0) is 17.5 Å². The first kappa shape index (κ1) is 11.7. The lowest BCUT2D eigenvalue weighted by atomic mass is 10.2. The van der Waals surface area contributed by atoms with E-state index >= 15 is 0 Å². The van der Waals surface area contributed by atoms with E-state index in [9.17, 15) is 4.39 Å². The summed E-state index contributed by atoms with van der Waals surface area (Å²) in [5.74, 6) is 0.997. The Morgan fingerprint density at radius 1 is 1.64 bits per heavy atom. The number of thioether (sulfide) groups is 1. The molecule has 0 aliphatic heterocycles.